The number of carbonyl (C=O) groups is 2. The molecule has 0 aromatic heterocycles. The molecule has 0 bridgehead atoms. The van der Waals surface area contributed by atoms with Crippen LogP contribution in [0.5, 0.6) is 0 Å². The lowest BCUT2D eigenvalue weighted by atomic mass is 9.87. The van der Waals surface area contributed by atoms with Crippen molar-refractivity contribution in [1.29, 1.82) is 0 Å². The monoisotopic (exact) mass is 230 g/mol. The highest BCUT2D eigenvalue weighted by Crippen LogP contribution is 2.19. The van der Waals surface area contributed by atoms with Gasteiger partial charge in [0.1, 0.15) is 12.0 Å². The van der Waals surface area contributed by atoms with Crippen LogP contribution in [0.2, 0.25) is 0 Å². The summed E-state index contributed by atoms with van der Waals surface area (Å²) in [5, 5.41) is 0. The summed E-state index contributed by atoms with van der Waals surface area (Å²) >= 11 is 0. The number of methoxy groups -OCH3 is 2. The number of rotatable bonds is 7. The summed E-state index contributed by atoms with van der Waals surface area (Å²) < 4.78 is 9.77. The fourth-order valence-corrected chi connectivity index (χ4v) is 1.68. The third-order valence-electron chi connectivity index (χ3n) is 2.58. The lowest BCUT2D eigenvalue weighted by Gasteiger charge is -2.22. The summed E-state index contributed by atoms with van der Waals surface area (Å²) in [5.74, 6) is -1.44. The van der Waals surface area contributed by atoms with Crippen LogP contribution >= 0.6 is 0 Å². The normalized spacial score (nSPS) is 14.6. The van der Waals surface area contributed by atoms with E-state index < -0.39 is 18.0 Å². The minimum atomic E-state index is -0.721. The molecule has 0 saturated carbocycles. The zero-order valence-corrected chi connectivity index (χ0v) is 10.8. The smallest absolute Gasteiger partial charge is 0.316 e. The van der Waals surface area contributed by atoms with E-state index in [0.29, 0.717) is 6.42 Å². The summed E-state index contributed by atoms with van der Waals surface area (Å²) in [5.41, 5.74) is 0. The van der Waals surface area contributed by atoms with Gasteiger partial charge >= 0.3 is 5.97 Å². The van der Waals surface area contributed by atoms with Gasteiger partial charge in [-0.05, 0) is 12.3 Å². The quantitative estimate of drug-likeness (QED) is 0.494. The minimum absolute atomic E-state index is 0.0746. The van der Waals surface area contributed by atoms with E-state index in [2.05, 4.69) is 4.74 Å². The Morgan fingerprint density at radius 2 is 1.75 bits per heavy atom. The molecule has 0 aliphatic carbocycles. The summed E-state index contributed by atoms with van der Waals surface area (Å²) in [4.78, 5) is 23.6. The van der Waals surface area contributed by atoms with E-state index in [1.165, 1.54) is 14.2 Å². The number of Topliss-reactive ketones (excluding diaryl/α,β-unsaturated/α-hetero) is 1. The fourth-order valence-electron chi connectivity index (χ4n) is 1.68. The summed E-state index contributed by atoms with van der Waals surface area (Å²) in [6, 6.07) is 0. The maximum atomic E-state index is 12.1. The van der Waals surface area contributed by atoms with Gasteiger partial charge in [-0.2, -0.15) is 0 Å². The number of hydrogen-bond donors (Lipinski definition) is 0. The van der Waals surface area contributed by atoms with Crippen molar-refractivity contribution >= 4 is 11.8 Å². The van der Waals surface area contributed by atoms with E-state index in [9.17, 15) is 9.59 Å². The van der Waals surface area contributed by atoms with Crippen LogP contribution in [0.1, 0.15) is 33.6 Å². The van der Waals surface area contributed by atoms with E-state index in [4.69, 9.17) is 4.74 Å². The van der Waals surface area contributed by atoms with Crippen LogP contribution in [0.15, 0.2) is 0 Å². The Morgan fingerprint density at radius 1 is 1.19 bits per heavy atom. The van der Waals surface area contributed by atoms with Gasteiger partial charge in [-0.1, -0.05) is 27.2 Å². The van der Waals surface area contributed by atoms with Gasteiger partial charge in [0, 0.05) is 7.11 Å². The highest BCUT2D eigenvalue weighted by molar-refractivity contribution is 6.01. The van der Waals surface area contributed by atoms with Crippen molar-refractivity contribution in [3.05, 3.63) is 0 Å². The largest absolute Gasteiger partial charge is 0.468 e. The Morgan fingerprint density at radius 3 is 2.06 bits per heavy atom. The molecule has 2 atom stereocenters. The molecule has 0 spiro atoms. The van der Waals surface area contributed by atoms with Crippen molar-refractivity contribution in [3.63, 3.8) is 0 Å². The van der Waals surface area contributed by atoms with E-state index in [1.807, 2.05) is 20.8 Å². The molecule has 94 valence electrons. The van der Waals surface area contributed by atoms with Gasteiger partial charge in [-0.25, -0.2) is 0 Å². The highest BCUT2D eigenvalue weighted by atomic mass is 16.5. The van der Waals surface area contributed by atoms with Crippen LogP contribution in [0, 0.1) is 11.8 Å². The van der Waals surface area contributed by atoms with Gasteiger partial charge in [-0.15, -0.1) is 0 Å². The molecule has 16 heavy (non-hydrogen) atoms. The van der Waals surface area contributed by atoms with Crippen LogP contribution in [-0.2, 0) is 19.1 Å². The van der Waals surface area contributed by atoms with Crippen molar-refractivity contribution in [2.24, 2.45) is 11.8 Å². The van der Waals surface area contributed by atoms with Crippen molar-refractivity contribution in [2.45, 2.75) is 39.7 Å². The standard InChI is InChI=1S/C12H22O4/c1-6-7-9(15-4)11(13)10(8(2)3)12(14)16-5/h8-10H,6-7H2,1-5H3. The van der Waals surface area contributed by atoms with E-state index in [0.717, 1.165) is 6.42 Å². The second-order valence-electron chi connectivity index (χ2n) is 4.16. The number of ether oxygens (including phenoxy) is 2. The van der Waals surface area contributed by atoms with Crippen molar-refractivity contribution in [1.82, 2.24) is 0 Å². The van der Waals surface area contributed by atoms with E-state index in [1.54, 1.807) is 0 Å². The number of ketones is 1. The van der Waals surface area contributed by atoms with Crippen molar-refractivity contribution in [2.75, 3.05) is 14.2 Å². The van der Waals surface area contributed by atoms with Crippen LogP contribution < -0.4 is 0 Å². The second kappa shape index (κ2) is 7.39. The molecule has 2 unspecified atom stereocenters. The van der Waals surface area contributed by atoms with Crippen molar-refractivity contribution in [3.8, 4) is 0 Å². The molecule has 0 radical (unpaired) electrons. The number of esters is 1. The predicted octanol–water partition coefficient (Wildman–Crippen LogP) is 1.82. The van der Waals surface area contributed by atoms with Crippen LogP contribution in [0.25, 0.3) is 0 Å². The van der Waals surface area contributed by atoms with Gasteiger partial charge in [0.2, 0.25) is 0 Å². The average molecular weight is 230 g/mol. The van der Waals surface area contributed by atoms with Gasteiger partial charge in [-0.3, -0.25) is 9.59 Å². The van der Waals surface area contributed by atoms with Crippen LogP contribution in [0.4, 0.5) is 0 Å². The molecular formula is C12H22O4. The molecule has 0 N–H and O–H groups in total. The average Bonchev–Trinajstić information content (AvgIpc) is 2.24. The molecule has 0 amide bonds. The molecule has 4 nitrogen and oxygen atoms in total. The second-order valence-corrected chi connectivity index (χ2v) is 4.16. The Balaban J connectivity index is 4.78. The predicted molar refractivity (Wildman–Crippen MR) is 61.1 cm³/mol. The third kappa shape index (κ3) is 3.93. The maximum absolute atomic E-state index is 12.1. The fraction of sp³-hybridized carbons (Fsp3) is 0.833. The highest BCUT2D eigenvalue weighted by Gasteiger charge is 2.35. The molecular weight excluding hydrogens is 208 g/mol. The molecule has 0 saturated heterocycles. The summed E-state index contributed by atoms with van der Waals surface area (Å²) in [6.07, 6.45) is 0.975. The molecule has 0 aliphatic rings. The first-order valence-electron chi connectivity index (χ1n) is 5.63. The zero-order valence-electron chi connectivity index (χ0n) is 10.8. The zero-order chi connectivity index (χ0) is 12.7. The van der Waals surface area contributed by atoms with Crippen molar-refractivity contribution < 1.29 is 19.1 Å². The number of hydrogen-bond acceptors (Lipinski definition) is 4. The molecule has 0 aromatic rings. The lowest BCUT2D eigenvalue weighted by molar-refractivity contribution is -0.154. The molecule has 0 aromatic carbocycles. The third-order valence-corrected chi connectivity index (χ3v) is 2.58. The lowest BCUT2D eigenvalue weighted by Crippen LogP contribution is -2.38. The first-order valence-corrected chi connectivity index (χ1v) is 5.63. The molecule has 0 heterocycles. The molecule has 4 heteroatoms. The Labute approximate surface area is 97.3 Å². The van der Waals surface area contributed by atoms with Gasteiger partial charge in [0.05, 0.1) is 7.11 Å². The van der Waals surface area contributed by atoms with Gasteiger partial charge in [0.25, 0.3) is 0 Å². The molecule has 0 rings (SSSR count). The first-order chi connectivity index (χ1) is 7.49. The van der Waals surface area contributed by atoms with Crippen LogP contribution in [-0.4, -0.2) is 32.1 Å². The Hall–Kier alpha value is -0.900. The van der Waals surface area contributed by atoms with Gasteiger partial charge < -0.3 is 9.47 Å². The first kappa shape index (κ1) is 15.1. The molecule has 0 aliphatic heterocycles. The Bertz CT molecular complexity index is 235. The molecule has 0 fully saturated rings. The minimum Gasteiger partial charge on any atom is -0.468 e. The summed E-state index contributed by atoms with van der Waals surface area (Å²) in [6.45, 7) is 5.64. The SMILES string of the molecule is CCCC(OC)C(=O)C(C(=O)OC)C(C)C. The Kier molecular flexibility index (Phi) is 6.97. The van der Waals surface area contributed by atoms with E-state index >= 15 is 0 Å². The van der Waals surface area contributed by atoms with E-state index in [-0.39, 0.29) is 11.7 Å². The number of carbonyl (C=O) groups excluding carboxylic acids is 2. The van der Waals surface area contributed by atoms with Gasteiger partial charge in [0.15, 0.2) is 5.78 Å². The topological polar surface area (TPSA) is 52.6 Å². The maximum Gasteiger partial charge on any atom is 0.316 e. The summed E-state index contributed by atoms with van der Waals surface area (Å²) in [7, 11) is 2.79. The van der Waals surface area contributed by atoms with Crippen LogP contribution in [0.3, 0.4) is 0 Å².